The van der Waals surface area contributed by atoms with E-state index in [-0.39, 0.29) is 12.0 Å². The maximum Gasteiger partial charge on any atom is 0.222 e. The standard InChI is InChI=1S/C15H19ClN2O2/c1-15(2,3)13-10(9-19)14(20-4)18(17-13)12-8-6-5-7-11(12)16/h5-8,19H,9H2,1-4H3. The van der Waals surface area contributed by atoms with Crippen LogP contribution in [0.3, 0.4) is 0 Å². The quantitative estimate of drug-likeness (QED) is 0.944. The van der Waals surface area contributed by atoms with Gasteiger partial charge in [-0.1, -0.05) is 44.5 Å². The summed E-state index contributed by atoms with van der Waals surface area (Å²) in [5, 5.41) is 14.8. The van der Waals surface area contributed by atoms with Crippen LogP contribution in [0.1, 0.15) is 32.0 Å². The van der Waals surface area contributed by atoms with Crippen molar-refractivity contribution in [1.82, 2.24) is 9.78 Å². The number of halogens is 1. The highest BCUT2D eigenvalue weighted by Gasteiger charge is 2.28. The molecule has 0 radical (unpaired) electrons. The zero-order valence-corrected chi connectivity index (χ0v) is 12.9. The van der Waals surface area contributed by atoms with Crippen LogP contribution in [0.5, 0.6) is 5.88 Å². The van der Waals surface area contributed by atoms with Gasteiger partial charge < -0.3 is 9.84 Å². The highest BCUT2D eigenvalue weighted by Crippen LogP contribution is 2.34. The molecular formula is C15H19ClN2O2. The first-order valence-corrected chi connectivity index (χ1v) is 6.80. The second kappa shape index (κ2) is 5.46. The van der Waals surface area contributed by atoms with Crippen molar-refractivity contribution in [2.45, 2.75) is 32.8 Å². The molecule has 1 aromatic heterocycles. The monoisotopic (exact) mass is 294 g/mol. The fourth-order valence-electron chi connectivity index (χ4n) is 2.18. The van der Waals surface area contributed by atoms with Gasteiger partial charge in [0, 0.05) is 5.41 Å². The van der Waals surface area contributed by atoms with Gasteiger partial charge in [-0.15, -0.1) is 0 Å². The lowest BCUT2D eigenvalue weighted by Crippen LogP contribution is -2.15. The Kier molecular flexibility index (Phi) is 4.06. The molecule has 0 saturated carbocycles. The number of aromatic nitrogens is 2. The Labute approximate surface area is 123 Å². The minimum absolute atomic E-state index is 0.125. The van der Waals surface area contributed by atoms with Crippen LogP contribution < -0.4 is 4.74 Å². The Balaban J connectivity index is 2.72. The van der Waals surface area contributed by atoms with E-state index >= 15 is 0 Å². The Morgan fingerprint density at radius 2 is 1.95 bits per heavy atom. The molecule has 0 spiro atoms. The summed E-state index contributed by atoms with van der Waals surface area (Å²) < 4.78 is 7.08. The summed E-state index contributed by atoms with van der Waals surface area (Å²) in [6.07, 6.45) is 0. The molecule has 0 fully saturated rings. The van der Waals surface area contributed by atoms with Crippen LogP contribution in [0.4, 0.5) is 0 Å². The number of para-hydroxylation sites is 1. The molecule has 0 saturated heterocycles. The third-order valence-corrected chi connectivity index (χ3v) is 3.40. The molecule has 1 heterocycles. The van der Waals surface area contributed by atoms with E-state index < -0.39 is 0 Å². The molecule has 108 valence electrons. The fraction of sp³-hybridized carbons (Fsp3) is 0.400. The lowest BCUT2D eigenvalue weighted by Gasteiger charge is -2.16. The van der Waals surface area contributed by atoms with Crippen molar-refractivity contribution in [3.8, 4) is 11.6 Å². The number of hydrogen-bond acceptors (Lipinski definition) is 3. The first-order chi connectivity index (χ1) is 9.40. The number of nitrogens with zero attached hydrogens (tertiary/aromatic N) is 2. The number of ether oxygens (including phenoxy) is 1. The molecule has 0 atom stereocenters. The molecule has 1 N–H and O–H groups in total. The van der Waals surface area contributed by atoms with Crippen molar-refractivity contribution in [3.63, 3.8) is 0 Å². The van der Waals surface area contributed by atoms with Crippen molar-refractivity contribution in [1.29, 1.82) is 0 Å². The summed E-state index contributed by atoms with van der Waals surface area (Å²) in [7, 11) is 1.57. The normalized spacial score (nSPS) is 11.7. The molecular weight excluding hydrogens is 276 g/mol. The summed E-state index contributed by atoms with van der Waals surface area (Å²) in [6.45, 7) is 6.01. The Morgan fingerprint density at radius 3 is 2.45 bits per heavy atom. The molecule has 4 nitrogen and oxygen atoms in total. The van der Waals surface area contributed by atoms with Crippen LogP contribution in [0.2, 0.25) is 5.02 Å². The lowest BCUT2D eigenvalue weighted by atomic mass is 9.89. The van der Waals surface area contributed by atoms with E-state index in [0.29, 0.717) is 16.5 Å². The van der Waals surface area contributed by atoms with Gasteiger partial charge in [-0.2, -0.15) is 9.78 Å². The van der Waals surface area contributed by atoms with Crippen molar-refractivity contribution < 1.29 is 9.84 Å². The molecule has 0 bridgehead atoms. The van der Waals surface area contributed by atoms with Gasteiger partial charge in [0.15, 0.2) is 0 Å². The van der Waals surface area contributed by atoms with E-state index in [0.717, 1.165) is 11.4 Å². The van der Waals surface area contributed by atoms with Crippen molar-refractivity contribution in [3.05, 3.63) is 40.5 Å². The van der Waals surface area contributed by atoms with E-state index in [9.17, 15) is 5.11 Å². The number of rotatable bonds is 3. The van der Waals surface area contributed by atoms with Crippen molar-refractivity contribution >= 4 is 11.6 Å². The van der Waals surface area contributed by atoms with Gasteiger partial charge in [0.1, 0.15) is 0 Å². The molecule has 0 aliphatic heterocycles. The first kappa shape index (κ1) is 14.9. The van der Waals surface area contributed by atoms with Crippen LogP contribution in [0.25, 0.3) is 5.69 Å². The highest BCUT2D eigenvalue weighted by molar-refractivity contribution is 6.32. The highest BCUT2D eigenvalue weighted by atomic mass is 35.5. The second-order valence-electron chi connectivity index (χ2n) is 5.61. The number of benzene rings is 1. The zero-order valence-electron chi connectivity index (χ0n) is 12.1. The van der Waals surface area contributed by atoms with Gasteiger partial charge in [-0.3, -0.25) is 0 Å². The molecule has 1 aromatic carbocycles. The minimum atomic E-state index is -0.197. The van der Waals surface area contributed by atoms with Gasteiger partial charge in [0.25, 0.3) is 0 Å². The van der Waals surface area contributed by atoms with Gasteiger partial charge in [-0.25, -0.2) is 0 Å². The van der Waals surface area contributed by atoms with E-state index in [1.54, 1.807) is 17.9 Å². The molecule has 2 rings (SSSR count). The average molecular weight is 295 g/mol. The number of aliphatic hydroxyl groups excluding tert-OH is 1. The number of hydrogen-bond donors (Lipinski definition) is 1. The molecule has 0 aliphatic rings. The summed E-state index contributed by atoms with van der Waals surface area (Å²) in [5.74, 6) is 0.519. The molecule has 0 aliphatic carbocycles. The number of methoxy groups -OCH3 is 1. The first-order valence-electron chi connectivity index (χ1n) is 6.42. The lowest BCUT2D eigenvalue weighted by molar-refractivity contribution is 0.269. The van der Waals surface area contributed by atoms with E-state index in [1.165, 1.54) is 0 Å². The Bertz CT molecular complexity index is 615. The SMILES string of the molecule is COc1c(CO)c(C(C)(C)C)nn1-c1ccccc1Cl. The zero-order chi connectivity index (χ0) is 14.9. The van der Waals surface area contributed by atoms with E-state index in [1.807, 2.05) is 39.0 Å². The fourth-order valence-corrected chi connectivity index (χ4v) is 2.39. The third kappa shape index (κ3) is 2.53. The van der Waals surface area contributed by atoms with Crippen molar-refractivity contribution in [2.75, 3.05) is 7.11 Å². The van der Waals surface area contributed by atoms with Gasteiger partial charge in [0.05, 0.1) is 35.7 Å². The van der Waals surface area contributed by atoms with Crippen LogP contribution in [0, 0.1) is 0 Å². The summed E-state index contributed by atoms with van der Waals surface area (Å²) in [6, 6.07) is 7.41. The molecule has 20 heavy (non-hydrogen) atoms. The maximum atomic E-state index is 9.66. The van der Waals surface area contributed by atoms with Gasteiger partial charge in [0.2, 0.25) is 5.88 Å². The molecule has 5 heteroatoms. The van der Waals surface area contributed by atoms with Gasteiger partial charge in [-0.05, 0) is 12.1 Å². The Hall–Kier alpha value is -1.52. The molecule has 2 aromatic rings. The largest absolute Gasteiger partial charge is 0.481 e. The topological polar surface area (TPSA) is 47.3 Å². The van der Waals surface area contributed by atoms with Crippen molar-refractivity contribution in [2.24, 2.45) is 0 Å². The number of aliphatic hydroxyl groups is 1. The van der Waals surface area contributed by atoms with E-state index in [4.69, 9.17) is 16.3 Å². The van der Waals surface area contributed by atoms with E-state index in [2.05, 4.69) is 5.10 Å². The maximum absolute atomic E-state index is 9.66. The third-order valence-electron chi connectivity index (χ3n) is 3.08. The Morgan fingerprint density at radius 1 is 1.30 bits per heavy atom. The van der Waals surface area contributed by atoms with Crippen LogP contribution in [-0.4, -0.2) is 22.0 Å². The molecule has 0 unspecified atom stereocenters. The van der Waals surface area contributed by atoms with Gasteiger partial charge >= 0.3 is 0 Å². The van der Waals surface area contributed by atoms with Crippen LogP contribution >= 0.6 is 11.6 Å². The molecule has 0 amide bonds. The van der Waals surface area contributed by atoms with Crippen LogP contribution in [-0.2, 0) is 12.0 Å². The predicted octanol–water partition coefficient (Wildman–Crippen LogP) is 3.32. The average Bonchev–Trinajstić information content (AvgIpc) is 2.77. The predicted molar refractivity (Wildman–Crippen MR) is 79.7 cm³/mol. The van der Waals surface area contributed by atoms with Crippen LogP contribution in [0.15, 0.2) is 24.3 Å². The smallest absolute Gasteiger partial charge is 0.222 e. The summed E-state index contributed by atoms with van der Waals surface area (Å²) >= 11 is 6.23. The summed E-state index contributed by atoms with van der Waals surface area (Å²) in [4.78, 5) is 0. The minimum Gasteiger partial charge on any atom is -0.481 e. The second-order valence-corrected chi connectivity index (χ2v) is 6.01. The summed E-state index contributed by atoms with van der Waals surface area (Å²) in [5.41, 5.74) is 2.03.